The molecule has 4 heteroatoms. The number of carbonyl (C=O) groups is 1. The van der Waals surface area contributed by atoms with Crippen LogP contribution in [0.5, 0.6) is 0 Å². The molecule has 0 aliphatic heterocycles. The number of hydrogen-bond acceptors (Lipinski definition) is 3. The summed E-state index contributed by atoms with van der Waals surface area (Å²) < 4.78 is 0. The highest BCUT2D eigenvalue weighted by atomic mass is 32.1. The van der Waals surface area contributed by atoms with Crippen molar-refractivity contribution in [2.75, 3.05) is 0 Å². The average Bonchev–Trinajstić information content (AvgIpc) is 2.14. The molecule has 0 saturated carbocycles. The number of thiocarbonyl (C=S) groups is 1. The summed E-state index contributed by atoms with van der Waals surface area (Å²) in [7, 11) is 0. The zero-order valence-corrected chi connectivity index (χ0v) is 9.08. The molecular formula is C9H17NO2S. The zero-order valence-electron chi connectivity index (χ0n) is 8.26. The molecule has 0 aromatic rings. The van der Waals surface area contributed by atoms with Crippen molar-refractivity contribution in [1.82, 2.24) is 5.48 Å². The minimum atomic E-state index is -0.232. The fourth-order valence-electron chi connectivity index (χ4n) is 0.756. The minimum absolute atomic E-state index is 0.232. The molecule has 0 aliphatic carbocycles. The standard InChI is InChI=1S/C9H17NO2S/c1-3-5-6-7-9(11)12-10-8(13)4-2/h3-7H2,1-2H3,(H,10,13). The highest BCUT2D eigenvalue weighted by Gasteiger charge is 2.02. The van der Waals surface area contributed by atoms with E-state index in [1.165, 1.54) is 0 Å². The number of unbranched alkanes of at least 4 members (excludes halogenated alkanes) is 2. The van der Waals surface area contributed by atoms with Crippen LogP contribution < -0.4 is 5.48 Å². The lowest BCUT2D eigenvalue weighted by Crippen LogP contribution is -2.24. The van der Waals surface area contributed by atoms with Crippen molar-refractivity contribution in [1.29, 1.82) is 0 Å². The second kappa shape index (κ2) is 7.98. The van der Waals surface area contributed by atoms with Crippen LogP contribution in [-0.4, -0.2) is 11.0 Å². The van der Waals surface area contributed by atoms with Crippen molar-refractivity contribution >= 4 is 23.2 Å². The van der Waals surface area contributed by atoms with E-state index in [1.54, 1.807) is 0 Å². The maximum atomic E-state index is 11.0. The van der Waals surface area contributed by atoms with Crippen molar-refractivity contribution in [2.45, 2.75) is 46.0 Å². The SMILES string of the molecule is CCCCCC(=O)ONC(=S)CC. The van der Waals surface area contributed by atoms with Crippen molar-refractivity contribution in [3.05, 3.63) is 0 Å². The molecule has 0 amide bonds. The summed E-state index contributed by atoms with van der Waals surface area (Å²) in [5, 5.41) is 0. The van der Waals surface area contributed by atoms with Gasteiger partial charge in [0, 0.05) is 6.42 Å². The predicted molar refractivity (Wildman–Crippen MR) is 56.3 cm³/mol. The zero-order chi connectivity index (χ0) is 10.1. The lowest BCUT2D eigenvalue weighted by atomic mass is 10.2. The summed E-state index contributed by atoms with van der Waals surface area (Å²) in [6, 6.07) is 0. The number of carbonyl (C=O) groups excluding carboxylic acids is 1. The van der Waals surface area contributed by atoms with Crippen molar-refractivity contribution in [2.24, 2.45) is 0 Å². The van der Waals surface area contributed by atoms with Crippen LogP contribution >= 0.6 is 12.2 Å². The molecule has 0 fully saturated rings. The van der Waals surface area contributed by atoms with Crippen molar-refractivity contribution < 1.29 is 9.63 Å². The summed E-state index contributed by atoms with van der Waals surface area (Å²) in [5.41, 5.74) is 2.44. The topological polar surface area (TPSA) is 38.3 Å². The lowest BCUT2D eigenvalue weighted by molar-refractivity contribution is -0.147. The molecule has 0 spiro atoms. The van der Waals surface area contributed by atoms with E-state index in [4.69, 9.17) is 17.1 Å². The van der Waals surface area contributed by atoms with Gasteiger partial charge in [-0.1, -0.05) is 38.9 Å². The highest BCUT2D eigenvalue weighted by molar-refractivity contribution is 7.80. The van der Waals surface area contributed by atoms with Gasteiger partial charge in [0.05, 0.1) is 0 Å². The first-order valence-electron chi connectivity index (χ1n) is 4.69. The van der Waals surface area contributed by atoms with E-state index < -0.39 is 0 Å². The molecule has 0 aromatic heterocycles. The van der Waals surface area contributed by atoms with Gasteiger partial charge in [-0.25, -0.2) is 10.3 Å². The van der Waals surface area contributed by atoms with Crippen molar-refractivity contribution in [3.63, 3.8) is 0 Å². The van der Waals surface area contributed by atoms with Crippen LogP contribution in [-0.2, 0) is 9.63 Å². The van der Waals surface area contributed by atoms with Crippen LogP contribution in [0.4, 0.5) is 0 Å². The molecule has 0 unspecified atom stereocenters. The van der Waals surface area contributed by atoms with Gasteiger partial charge < -0.3 is 4.84 Å². The Morgan fingerprint density at radius 2 is 2.08 bits per heavy atom. The van der Waals surface area contributed by atoms with Gasteiger partial charge in [0.2, 0.25) is 0 Å². The first kappa shape index (κ1) is 12.4. The molecule has 0 radical (unpaired) electrons. The van der Waals surface area contributed by atoms with Crippen LogP contribution in [0.25, 0.3) is 0 Å². The smallest absolute Gasteiger partial charge is 0.332 e. The summed E-state index contributed by atoms with van der Waals surface area (Å²) in [6.07, 6.45) is 4.21. The number of hydrogen-bond donors (Lipinski definition) is 1. The quantitative estimate of drug-likeness (QED) is 0.423. The van der Waals surface area contributed by atoms with E-state index in [9.17, 15) is 4.79 Å². The Hall–Kier alpha value is -0.640. The fourth-order valence-corrected chi connectivity index (χ4v) is 0.798. The first-order chi connectivity index (χ1) is 6.20. The van der Waals surface area contributed by atoms with E-state index in [2.05, 4.69) is 12.4 Å². The molecule has 0 atom stereocenters. The molecule has 0 bridgehead atoms. The largest absolute Gasteiger partial charge is 0.343 e. The molecule has 0 aliphatic rings. The monoisotopic (exact) mass is 203 g/mol. The Morgan fingerprint density at radius 1 is 1.38 bits per heavy atom. The van der Waals surface area contributed by atoms with Gasteiger partial charge >= 0.3 is 5.97 Å². The Kier molecular flexibility index (Phi) is 7.59. The van der Waals surface area contributed by atoms with Gasteiger partial charge in [-0.2, -0.15) is 0 Å². The third-order valence-corrected chi connectivity index (χ3v) is 1.96. The van der Waals surface area contributed by atoms with Gasteiger partial charge in [-0.15, -0.1) is 0 Å². The van der Waals surface area contributed by atoms with E-state index >= 15 is 0 Å². The molecule has 1 N–H and O–H groups in total. The Bertz CT molecular complexity index is 171. The van der Waals surface area contributed by atoms with E-state index in [0.717, 1.165) is 19.3 Å². The van der Waals surface area contributed by atoms with Gasteiger partial charge in [-0.3, -0.25) is 0 Å². The van der Waals surface area contributed by atoms with E-state index in [0.29, 0.717) is 17.8 Å². The van der Waals surface area contributed by atoms with Gasteiger partial charge in [0.1, 0.15) is 4.99 Å². The predicted octanol–water partition coefficient (Wildman–Crippen LogP) is 2.35. The second-order valence-corrected chi connectivity index (χ2v) is 3.30. The van der Waals surface area contributed by atoms with Crippen LogP contribution in [0.3, 0.4) is 0 Å². The van der Waals surface area contributed by atoms with Crippen LogP contribution in [0, 0.1) is 0 Å². The first-order valence-corrected chi connectivity index (χ1v) is 5.10. The molecule has 13 heavy (non-hydrogen) atoms. The molecule has 0 aromatic carbocycles. The minimum Gasteiger partial charge on any atom is -0.343 e. The van der Waals surface area contributed by atoms with Gasteiger partial charge in [-0.05, 0) is 12.8 Å². The Morgan fingerprint density at radius 3 is 2.62 bits per heavy atom. The summed E-state index contributed by atoms with van der Waals surface area (Å²) in [5.74, 6) is -0.232. The van der Waals surface area contributed by atoms with E-state index in [-0.39, 0.29) is 5.97 Å². The van der Waals surface area contributed by atoms with Crippen LogP contribution in [0.2, 0.25) is 0 Å². The maximum absolute atomic E-state index is 11.0. The normalized spacial score (nSPS) is 9.38. The summed E-state index contributed by atoms with van der Waals surface area (Å²) >= 11 is 4.82. The molecule has 76 valence electrons. The third kappa shape index (κ3) is 7.71. The average molecular weight is 203 g/mol. The lowest BCUT2D eigenvalue weighted by Gasteiger charge is -2.05. The van der Waals surface area contributed by atoms with Crippen LogP contribution in [0.15, 0.2) is 0 Å². The molecule has 0 rings (SSSR count). The summed E-state index contributed by atoms with van der Waals surface area (Å²) in [6.45, 7) is 4.00. The number of nitrogens with one attached hydrogen (secondary N) is 1. The molecular weight excluding hydrogens is 186 g/mol. The molecule has 3 nitrogen and oxygen atoms in total. The molecule has 0 heterocycles. The fraction of sp³-hybridized carbons (Fsp3) is 0.778. The highest BCUT2D eigenvalue weighted by Crippen LogP contribution is 1.99. The van der Waals surface area contributed by atoms with Gasteiger partial charge in [0.15, 0.2) is 0 Å². The maximum Gasteiger partial charge on any atom is 0.332 e. The second-order valence-electron chi connectivity index (χ2n) is 2.81. The Balaban J connectivity index is 3.35. The van der Waals surface area contributed by atoms with Crippen molar-refractivity contribution in [3.8, 4) is 0 Å². The number of rotatable bonds is 5. The molecule has 0 saturated heterocycles. The van der Waals surface area contributed by atoms with Gasteiger partial charge in [0.25, 0.3) is 0 Å². The Labute approximate surface area is 84.8 Å². The number of hydroxylamine groups is 1. The summed E-state index contributed by atoms with van der Waals surface area (Å²) in [4.78, 5) is 16.3. The van der Waals surface area contributed by atoms with E-state index in [1.807, 2.05) is 6.92 Å². The van der Waals surface area contributed by atoms with Crippen LogP contribution in [0.1, 0.15) is 46.0 Å². The third-order valence-electron chi connectivity index (χ3n) is 1.58.